The first-order valence-corrected chi connectivity index (χ1v) is 6.82. The molecule has 2 nitrogen and oxygen atoms in total. The van der Waals surface area contributed by atoms with Gasteiger partial charge >= 0.3 is 0 Å². The van der Waals surface area contributed by atoms with Crippen molar-refractivity contribution in [2.45, 2.75) is 31.2 Å². The minimum absolute atomic E-state index is 0.663. The highest BCUT2D eigenvalue weighted by molar-refractivity contribution is 8.00. The molecule has 1 aliphatic heterocycles. The highest BCUT2D eigenvalue weighted by Gasteiger charge is 2.22. The van der Waals surface area contributed by atoms with Gasteiger partial charge in [-0.05, 0) is 29.9 Å². The Morgan fingerprint density at radius 1 is 1.50 bits per heavy atom. The zero-order valence-corrected chi connectivity index (χ0v) is 10.7. The SMILES string of the molecule is COc1cccc(CNC2CCSC2C)c1. The van der Waals surface area contributed by atoms with E-state index in [9.17, 15) is 0 Å². The lowest BCUT2D eigenvalue weighted by Gasteiger charge is -2.16. The fourth-order valence-electron chi connectivity index (χ4n) is 2.03. The summed E-state index contributed by atoms with van der Waals surface area (Å²) in [7, 11) is 1.71. The van der Waals surface area contributed by atoms with E-state index in [1.165, 1.54) is 17.7 Å². The monoisotopic (exact) mass is 237 g/mol. The molecule has 0 saturated carbocycles. The van der Waals surface area contributed by atoms with Crippen LogP contribution in [-0.2, 0) is 6.54 Å². The lowest BCUT2D eigenvalue weighted by Crippen LogP contribution is -2.32. The number of hydrogen-bond acceptors (Lipinski definition) is 3. The second-order valence-electron chi connectivity index (χ2n) is 4.20. The van der Waals surface area contributed by atoms with Crippen LogP contribution in [0, 0.1) is 0 Å². The van der Waals surface area contributed by atoms with Crippen molar-refractivity contribution in [2.24, 2.45) is 0 Å². The second-order valence-corrected chi connectivity index (χ2v) is 5.69. The van der Waals surface area contributed by atoms with Crippen LogP contribution in [0.5, 0.6) is 5.75 Å². The van der Waals surface area contributed by atoms with Crippen LogP contribution < -0.4 is 10.1 Å². The summed E-state index contributed by atoms with van der Waals surface area (Å²) in [4.78, 5) is 0. The maximum Gasteiger partial charge on any atom is 0.119 e. The van der Waals surface area contributed by atoms with Gasteiger partial charge in [0.15, 0.2) is 0 Å². The van der Waals surface area contributed by atoms with Crippen LogP contribution in [0.25, 0.3) is 0 Å². The fourth-order valence-corrected chi connectivity index (χ4v) is 3.26. The molecule has 2 unspecified atom stereocenters. The number of nitrogens with one attached hydrogen (secondary N) is 1. The summed E-state index contributed by atoms with van der Waals surface area (Å²) in [5.74, 6) is 2.23. The van der Waals surface area contributed by atoms with Crippen LogP contribution in [0.15, 0.2) is 24.3 Å². The van der Waals surface area contributed by atoms with Crippen molar-refractivity contribution < 1.29 is 4.74 Å². The highest BCUT2D eigenvalue weighted by atomic mass is 32.2. The zero-order chi connectivity index (χ0) is 11.4. The van der Waals surface area contributed by atoms with Gasteiger partial charge in [0, 0.05) is 17.8 Å². The van der Waals surface area contributed by atoms with Crippen molar-refractivity contribution in [1.82, 2.24) is 5.32 Å². The third-order valence-corrected chi connectivity index (χ3v) is 4.40. The van der Waals surface area contributed by atoms with Crippen LogP contribution in [0.4, 0.5) is 0 Å². The average Bonchev–Trinajstić information content (AvgIpc) is 2.72. The topological polar surface area (TPSA) is 21.3 Å². The molecule has 1 saturated heterocycles. The number of rotatable bonds is 4. The van der Waals surface area contributed by atoms with Gasteiger partial charge in [-0.25, -0.2) is 0 Å². The smallest absolute Gasteiger partial charge is 0.119 e. The molecule has 1 aliphatic rings. The maximum absolute atomic E-state index is 5.22. The molecule has 1 aromatic rings. The number of hydrogen-bond donors (Lipinski definition) is 1. The Labute approximate surface area is 102 Å². The Balaban J connectivity index is 1.88. The Morgan fingerprint density at radius 2 is 2.38 bits per heavy atom. The first-order valence-electron chi connectivity index (χ1n) is 5.77. The lowest BCUT2D eigenvalue weighted by molar-refractivity contribution is 0.413. The summed E-state index contributed by atoms with van der Waals surface area (Å²) in [5, 5.41) is 4.36. The van der Waals surface area contributed by atoms with Crippen molar-refractivity contribution in [1.29, 1.82) is 0 Å². The van der Waals surface area contributed by atoms with E-state index in [0.717, 1.165) is 17.5 Å². The molecule has 16 heavy (non-hydrogen) atoms. The third-order valence-electron chi connectivity index (χ3n) is 3.08. The summed E-state index contributed by atoms with van der Waals surface area (Å²) in [6, 6.07) is 8.93. The van der Waals surface area contributed by atoms with Gasteiger partial charge in [0.25, 0.3) is 0 Å². The van der Waals surface area contributed by atoms with E-state index in [4.69, 9.17) is 4.74 Å². The summed E-state index contributed by atoms with van der Waals surface area (Å²) in [6.07, 6.45) is 1.29. The van der Waals surface area contributed by atoms with Crippen molar-refractivity contribution in [3.05, 3.63) is 29.8 Å². The van der Waals surface area contributed by atoms with Crippen LogP contribution in [0.3, 0.4) is 0 Å². The fraction of sp³-hybridized carbons (Fsp3) is 0.538. The predicted octanol–water partition coefficient (Wildman–Crippen LogP) is 2.68. The highest BCUT2D eigenvalue weighted by Crippen LogP contribution is 2.26. The van der Waals surface area contributed by atoms with Crippen molar-refractivity contribution in [3.63, 3.8) is 0 Å². The van der Waals surface area contributed by atoms with Crippen LogP contribution >= 0.6 is 11.8 Å². The summed E-state index contributed by atoms with van der Waals surface area (Å²) in [5.41, 5.74) is 1.29. The number of ether oxygens (including phenoxy) is 1. The molecule has 0 aliphatic carbocycles. The second kappa shape index (κ2) is 5.60. The van der Waals surface area contributed by atoms with Gasteiger partial charge < -0.3 is 10.1 Å². The van der Waals surface area contributed by atoms with E-state index in [0.29, 0.717) is 6.04 Å². The average molecular weight is 237 g/mol. The Kier molecular flexibility index (Phi) is 4.13. The Morgan fingerprint density at radius 3 is 3.06 bits per heavy atom. The van der Waals surface area contributed by atoms with E-state index in [1.54, 1.807) is 7.11 Å². The number of methoxy groups -OCH3 is 1. The summed E-state index contributed by atoms with van der Waals surface area (Å²) < 4.78 is 5.22. The molecule has 1 fully saturated rings. The van der Waals surface area contributed by atoms with Crippen LogP contribution in [0.1, 0.15) is 18.9 Å². The van der Waals surface area contributed by atoms with Gasteiger partial charge in [0.2, 0.25) is 0 Å². The summed E-state index contributed by atoms with van der Waals surface area (Å²) >= 11 is 2.06. The van der Waals surface area contributed by atoms with Gasteiger partial charge in [0.05, 0.1) is 7.11 Å². The molecule has 0 radical (unpaired) electrons. The van der Waals surface area contributed by atoms with Crippen LogP contribution in [0.2, 0.25) is 0 Å². The van der Waals surface area contributed by atoms with E-state index >= 15 is 0 Å². The first kappa shape index (κ1) is 11.8. The molecule has 1 aromatic carbocycles. The molecule has 2 rings (SSSR count). The summed E-state index contributed by atoms with van der Waals surface area (Å²) in [6.45, 7) is 3.24. The van der Waals surface area contributed by atoms with Gasteiger partial charge in [-0.1, -0.05) is 19.1 Å². The van der Waals surface area contributed by atoms with E-state index in [1.807, 2.05) is 12.1 Å². The minimum Gasteiger partial charge on any atom is -0.497 e. The Bertz CT molecular complexity index is 342. The largest absolute Gasteiger partial charge is 0.497 e. The standard InChI is InChI=1S/C13H19NOS/c1-10-13(6-7-16-10)14-9-11-4-3-5-12(8-11)15-2/h3-5,8,10,13-14H,6-7,9H2,1-2H3. The molecule has 0 amide bonds. The third kappa shape index (κ3) is 2.92. The van der Waals surface area contributed by atoms with E-state index < -0.39 is 0 Å². The number of thioether (sulfide) groups is 1. The zero-order valence-electron chi connectivity index (χ0n) is 9.90. The molecule has 0 aromatic heterocycles. The first-order chi connectivity index (χ1) is 7.79. The van der Waals surface area contributed by atoms with Gasteiger partial charge in [-0.3, -0.25) is 0 Å². The normalized spacial score (nSPS) is 24.6. The molecule has 2 atom stereocenters. The van der Waals surface area contributed by atoms with Crippen molar-refractivity contribution >= 4 is 11.8 Å². The van der Waals surface area contributed by atoms with E-state index in [-0.39, 0.29) is 0 Å². The molecule has 88 valence electrons. The number of benzene rings is 1. The molecule has 1 heterocycles. The van der Waals surface area contributed by atoms with Gasteiger partial charge in [0.1, 0.15) is 5.75 Å². The quantitative estimate of drug-likeness (QED) is 0.870. The predicted molar refractivity (Wildman–Crippen MR) is 70.2 cm³/mol. The van der Waals surface area contributed by atoms with Crippen LogP contribution in [-0.4, -0.2) is 24.2 Å². The Hall–Kier alpha value is -0.670. The molecule has 3 heteroatoms. The molecular formula is C13H19NOS. The van der Waals surface area contributed by atoms with Crippen molar-refractivity contribution in [3.8, 4) is 5.75 Å². The molecule has 1 N–H and O–H groups in total. The van der Waals surface area contributed by atoms with Gasteiger partial charge in [-0.15, -0.1) is 0 Å². The van der Waals surface area contributed by atoms with Crippen molar-refractivity contribution in [2.75, 3.05) is 12.9 Å². The van der Waals surface area contributed by atoms with Gasteiger partial charge in [-0.2, -0.15) is 11.8 Å². The molecule has 0 spiro atoms. The molecular weight excluding hydrogens is 218 g/mol. The lowest BCUT2D eigenvalue weighted by atomic mass is 10.1. The minimum atomic E-state index is 0.663. The van der Waals surface area contributed by atoms with E-state index in [2.05, 4.69) is 36.1 Å². The molecule has 0 bridgehead atoms. The maximum atomic E-state index is 5.22.